The fourth-order valence-electron chi connectivity index (χ4n) is 1.16. The first-order valence-corrected chi connectivity index (χ1v) is 6.55. The van der Waals surface area contributed by atoms with Crippen LogP contribution in [0.1, 0.15) is 33.6 Å². The van der Waals surface area contributed by atoms with Crippen LogP contribution in [0.15, 0.2) is 48.6 Å². The summed E-state index contributed by atoms with van der Waals surface area (Å²) in [5, 5.41) is 2.83. The van der Waals surface area contributed by atoms with E-state index in [1.165, 1.54) is 0 Å². The van der Waals surface area contributed by atoms with E-state index >= 15 is 0 Å². The van der Waals surface area contributed by atoms with Crippen molar-refractivity contribution in [2.45, 2.75) is 33.6 Å². The number of nitrogens with one attached hydrogen (secondary N) is 1. The minimum atomic E-state index is -0.0265. The molecule has 2 heteroatoms. The lowest BCUT2D eigenvalue weighted by molar-refractivity contribution is -0.116. The largest absolute Gasteiger partial charge is 0.352 e. The highest BCUT2D eigenvalue weighted by molar-refractivity contribution is 5.87. The fourth-order valence-corrected chi connectivity index (χ4v) is 1.16. The van der Waals surface area contributed by atoms with Gasteiger partial charge in [-0.15, -0.1) is 0 Å². The lowest BCUT2D eigenvalue weighted by Crippen LogP contribution is -2.25. The molecule has 0 radical (unpaired) electrons. The highest BCUT2D eigenvalue weighted by atomic mass is 16.1. The topological polar surface area (TPSA) is 29.1 Å². The third-order valence-electron chi connectivity index (χ3n) is 2.12. The van der Waals surface area contributed by atoms with E-state index in [0.717, 1.165) is 19.4 Å². The zero-order valence-corrected chi connectivity index (χ0v) is 11.7. The summed E-state index contributed by atoms with van der Waals surface area (Å²) in [6.07, 6.45) is 17.5. The Labute approximate surface area is 111 Å². The number of carbonyl (C=O) groups excluding carboxylic acids is 1. The second-order valence-corrected chi connectivity index (χ2v) is 4.46. The summed E-state index contributed by atoms with van der Waals surface area (Å²) >= 11 is 0. The monoisotopic (exact) mass is 247 g/mol. The molecule has 0 aliphatic carbocycles. The molecule has 0 unspecified atom stereocenters. The Balaban J connectivity index is 3.64. The average Bonchev–Trinajstić information content (AvgIpc) is 2.34. The second-order valence-electron chi connectivity index (χ2n) is 4.46. The summed E-state index contributed by atoms with van der Waals surface area (Å²) < 4.78 is 0. The molecule has 18 heavy (non-hydrogen) atoms. The molecule has 1 N–H and O–H groups in total. The summed E-state index contributed by atoms with van der Waals surface area (Å²) in [5.74, 6) is 0.461. The first kappa shape index (κ1) is 16.4. The van der Waals surface area contributed by atoms with Crippen molar-refractivity contribution in [2.24, 2.45) is 5.92 Å². The van der Waals surface area contributed by atoms with Crippen LogP contribution in [-0.2, 0) is 4.79 Å². The molecule has 0 aromatic carbocycles. The van der Waals surface area contributed by atoms with Crippen molar-refractivity contribution in [3.05, 3.63) is 48.6 Å². The van der Waals surface area contributed by atoms with Gasteiger partial charge in [-0.1, -0.05) is 56.4 Å². The van der Waals surface area contributed by atoms with Gasteiger partial charge in [0.1, 0.15) is 0 Å². The van der Waals surface area contributed by atoms with E-state index < -0.39 is 0 Å². The number of amides is 1. The molecular formula is C16H25NO. The van der Waals surface area contributed by atoms with E-state index in [0.29, 0.717) is 5.92 Å². The maximum absolute atomic E-state index is 11.3. The zero-order chi connectivity index (χ0) is 13.6. The Bertz CT molecular complexity index is 322. The van der Waals surface area contributed by atoms with Crippen LogP contribution >= 0.6 is 0 Å². The molecule has 1 amide bonds. The molecule has 0 aromatic heterocycles. The van der Waals surface area contributed by atoms with Gasteiger partial charge in [0.2, 0.25) is 5.91 Å². The van der Waals surface area contributed by atoms with Crippen molar-refractivity contribution in [3.8, 4) is 0 Å². The van der Waals surface area contributed by atoms with E-state index in [9.17, 15) is 4.79 Å². The Morgan fingerprint density at radius 1 is 1.06 bits per heavy atom. The highest BCUT2D eigenvalue weighted by Crippen LogP contribution is 1.94. The molecule has 0 aliphatic rings. The van der Waals surface area contributed by atoms with Gasteiger partial charge >= 0.3 is 0 Å². The summed E-state index contributed by atoms with van der Waals surface area (Å²) in [5.41, 5.74) is 0. The van der Waals surface area contributed by atoms with Gasteiger partial charge in [-0.05, 0) is 25.7 Å². The summed E-state index contributed by atoms with van der Waals surface area (Å²) in [6, 6.07) is 0. The van der Waals surface area contributed by atoms with Crippen LogP contribution in [-0.4, -0.2) is 12.5 Å². The minimum absolute atomic E-state index is 0.0265. The third kappa shape index (κ3) is 12.5. The van der Waals surface area contributed by atoms with E-state index in [1.54, 1.807) is 12.2 Å². The fraction of sp³-hybridized carbons (Fsp3) is 0.438. The molecule has 0 spiro atoms. The first-order valence-electron chi connectivity index (χ1n) is 6.55. The third-order valence-corrected chi connectivity index (χ3v) is 2.12. The quantitative estimate of drug-likeness (QED) is 0.395. The summed E-state index contributed by atoms with van der Waals surface area (Å²) in [7, 11) is 0. The zero-order valence-electron chi connectivity index (χ0n) is 11.7. The molecule has 100 valence electrons. The van der Waals surface area contributed by atoms with E-state index in [-0.39, 0.29) is 5.91 Å². The van der Waals surface area contributed by atoms with Crippen molar-refractivity contribution >= 4 is 5.91 Å². The van der Waals surface area contributed by atoms with E-state index in [4.69, 9.17) is 0 Å². The maximum atomic E-state index is 11.3. The van der Waals surface area contributed by atoms with Crippen LogP contribution in [0.25, 0.3) is 0 Å². The number of unbranched alkanes of at least 4 members (excludes halogenated alkanes) is 1. The first-order chi connectivity index (χ1) is 8.66. The van der Waals surface area contributed by atoms with Crippen molar-refractivity contribution in [3.63, 3.8) is 0 Å². The van der Waals surface area contributed by atoms with Crippen LogP contribution in [0.4, 0.5) is 0 Å². The van der Waals surface area contributed by atoms with Gasteiger partial charge in [0, 0.05) is 12.6 Å². The number of hydrogen-bond donors (Lipinski definition) is 1. The molecule has 0 aromatic rings. The molecule has 0 saturated carbocycles. The second kappa shape index (κ2) is 11.9. The highest BCUT2D eigenvalue weighted by Gasteiger charge is 1.95. The number of rotatable bonds is 8. The van der Waals surface area contributed by atoms with Gasteiger partial charge < -0.3 is 5.32 Å². The van der Waals surface area contributed by atoms with Crippen molar-refractivity contribution in [1.82, 2.24) is 5.32 Å². The van der Waals surface area contributed by atoms with Crippen LogP contribution in [0.3, 0.4) is 0 Å². The molecule has 0 fully saturated rings. The summed E-state index contributed by atoms with van der Waals surface area (Å²) in [4.78, 5) is 11.3. The Hall–Kier alpha value is -1.57. The molecule has 0 saturated heterocycles. The molecule has 2 nitrogen and oxygen atoms in total. The predicted octanol–water partition coefficient (Wildman–Crippen LogP) is 3.78. The standard InChI is InChI=1S/C16H25NO/c1-4-5-6-7-8-9-10-11-12-13-16(18)17-14-15(2)3/h4-7,10-13,15H,8-9,14H2,1-3H3,(H,17,18)/b5-4-,7-6-,11-10+,13-12-. The Morgan fingerprint density at radius 3 is 2.22 bits per heavy atom. The van der Waals surface area contributed by atoms with Gasteiger partial charge in [0.15, 0.2) is 0 Å². The average molecular weight is 247 g/mol. The van der Waals surface area contributed by atoms with Crippen molar-refractivity contribution < 1.29 is 4.79 Å². The van der Waals surface area contributed by atoms with Gasteiger partial charge in [0.25, 0.3) is 0 Å². The van der Waals surface area contributed by atoms with Gasteiger partial charge in [-0.2, -0.15) is 0 Å². The van der Waals surface area contributed by atoms with Crippen LogP contribution in [0.2, 0.25) is 0 Å². The Kier molecular flexibility index (Phi) is 10.9. The van der Waals surface area contributed by atoms with Crippen LogP contribution in [0.5, 0.6) is 0 Å². The molecule has 0 heterocycles. The lowest BCUT2D eigenvalue weighted by atomic mass is 10.2. The Morgan fingerprint density at radius 2 is 1.67 bits per heavy atom. The maximum Gasteiger partial charge on any atom is 0.243 e. The van der Waals surface area contributed by atoms with Gasteiger partial charge in [-0.25, -0.2) is 0 Å². The van der Waals surface area contributed by atoms with Gasteiger partial charge in [-0.3, -0.25) is 4.79 Å². The molecular weight excluding hydrogens is 222 g/mol. The SMILES string of the molecule is C/C=C\C=C/CC/C=C/C=C\C(=O)NCC(C)C. The van der Waals surface area contributed by atoms with Crippen molar-refractivity contribution in [1.29, 1.82) is 0 Å². The van der Waals surface area contributed by atoms with Gasteiger partial charge in [0.05, 0.1) is 0 Å². The molecule has 0 rings (SSSR count). The lowest BCUT2D eigenvalue weighted by Gasteiger charge is -2.03. The van der Waals surface area contributed by atoms with E-state index in [2.05, 4.69) is 31.3 Å². The molecule has 0 atom stereocenters. The molecule has 0 bridgehead atoms. The molecule has 0 aliphatic heterocycles. The number of allylic oxidation sites excluding steroid dienone is 7. The minimum Gasteiger partial charge on any atom is -0.352 e. The number of carbonyl (C=O) groups is 1. The normalized spacial score (nSPS) is 12.7. The smallest absolute Gasteiger partial charge is 0.243 e. The van der Waals surface area contributed by atoms with Crippen molar-refractivity contribution in [2.75, 3.05) is 6.54 Å². The predicted molar refractivity (Wildman–Crippen MR) is 79.3 cm³/mol. The van der Waals surface area contributed by atoms with Crippen LogP contribution in [0, 0.1) is 5.92 Å². The summed E-state index contributed by atoms with van der Waals surface area (Å²) in [6.45, 7) is 6.87. The van der Waals surface area contributed by atoms with E-state index in [1.807, 2.05) is 31.2 Å². The number of hydrogen-bond acceptors (Lipinski definition) is 1. The van der Waals surface area contributed by atoms with Crippen LogP contribution < -0.4 is 5.32 Å².